The van der Waals surface area contributed by atoms with Crippen LogP contribution in [-0.2, 0) is 4.79 Å². The largest absolute Gasteiger partial charge is 0.325 e. The third kappa shape index (κ3) is 5.07. The molecule has 29 heavy (non-hydrogen) atoms. The number of benzene rings is 2. The number of anilines is 1. The number of hydrogen-bond donors (Lipinski definition) is 1. The van der Waals surface area contributed by atoms with Crippen molar-refractivity contribution in [2.24, 2.45) is 0 Å². The molecule has 1 amide bonds. The lowest BCUT2D eigenvalue weighted by molar-refractivity contribution is -0.113. The van der Waals surface area contributed by atoms with E-state index in [1.54, 1.807) is 6.33 Å². The predicted molar refractivity (Wildman–Crippen MR) is 120 cm³/mol. The average molecular weight is 409 g/mol. The summed E-state index contributed by atoms with van der Waals surface area (Å²) in [6.07, 6.45) is 1.68. The number of carbonyl (C=O) groups excluding carboxylic acids is 1. The molecular formula is C23H28N4OS. The van der Waals surface area contributed by atoms with Gasteiger partial charge in [0.05, 0.1) is 5.75 Å². The summed E-state index contributed by atoms with van der Waals surface area (Å²) in [5, 5.41) is 12.1. The number of amides is 1. The molecule has 3 aromatic rings. The minimum atomic E-state index is -0.0385. The van der Waals surface area contributed by atoms with Gasteiger partial charge in [-0.05, 0) is 42.0 Å². The van der Waals surface area contributed by atoms with E-state index in [-0.39, 0.29) is 11.7 Å². The Kier molecular flexibility index (Phi) is 6.75. The van der Waals surface area contributed by atoms with Gasteiger partial charge < -0.3 is 5.32 Å². The van der Waals surface area contributed by atoms with E-state index >= 15 is 0 Å². The van der Waals surface area contributed by atoms with Crippen molar-refractivity contribution in [2.45, 2.75) is 51.6 Å². The van der Waals surface area contributed by atoms with Gasteiger partial charge in [-0.1, -0.05) is 75.4 Å². The summed E-state index contributed by atoms with van der Waals surface area (Å²) >= 11 is 1.39. The quantitative estimate of drug-likeness (QED) is 0.521. The Bertz CT molecular complexity index is 951. The first-order chi connectivity index (χ1) is 13.9. The van der Waals surface area contributed by atoms with Gasteiger partial charge >= 0.3 is 0 Å². The smallest absolute Gasteiger partial charge is 0.234 e. The summed E-state index contributed by atoms with van der Waals surface area (Å²) in [6.45, 7) is 10.6. The Morgan fingerprint density at radius 3 is 2.24 bits per heavy atom. The molecule has 152 valence electrons. The highest BCUT2D eigenvalue weighted by Crippen LogP contribution is 2.32. The summed E-state index contributed by atoms with van der Waals surface area (Å²) in [6, 6.07) is 14.4. The van der Waals surface area contributed by atoms with Gasteiger partial charge in [0.1, 0.15) is 6.33 Å². The second-order valence-corrected chi connectivity index (χ2v) is 8.72. The van der Waals surface area contributed by atoms with Gasteiger partial charge in [0, 0.05) is 11.4 Å². The van der Waals surface area contributed by atoms with Gasteiger partial charge in [-0.2, -0.15) is 0 Å². The van der Waals surface area contributed by atoms with E-state index in [9.17, 15) is 4.79 Å². The molecule has 0 bridgehead atoms. The van der Waals surface area contributed by atoms with Gasteiger partial charge in [-0.3, -0.25) is 9.36 Å². The van der Waals surface area contributed by atoms with Crippen molar-refractivity contribution in [2.75, 3.05) is 11.1 Å². The molecule has 0 spiro atoms. The summed E-state index contributed by atoms with van der Waals surface area (Å²) < 4.78 is 1.90. The van der Waals surface area contributed by atoms with Gasteiger partial charge in [-0.15, -0.1) is 10.2 Å². The summed E-state index contributed by atoms with van der Waals surface area (Å²) in [4.78, 5) is 12.8. The molecule has 2 aromatic carbocycles. The number of aryl methyl sites for hydroxylation is 1. The standard InChI is InChI=1S/C23H28N4OS/c1-15(2)19-7-6-8-20(16(3)4)22(19)25-21(28)13-29-23-26-24-14-27(23)18-11-9-17(5)10-12-18/h6-12,14-16H,13H2,1-5H3,(H,25,28). The Morgan fingerprint density at radius 2 is 1.66 bits per heavy atom. The first kappa shape index (κ1) is 21.1. The van der Waals surface area contributed by atoms with Crippen LogP contribution in [0, 0.1) is 6.92 Å². The van der Waals surface area contributed by atoms with Crippen LogP contribution >= 0.6 is 11.8 Å². The molecule has 0 aliphatic carbocycles. The number of para-hydroxylation sites is 1. The van der Waals surface area contributed by atoms with Crippen molar-refractivity contribution in [3.05, 3.63) is 65.5 Å². The van der Waals surface area contributed by atoms with E-state index in [0.717, 1.165) is 22.5 Å². The number of rotatable bonds is 7. The van der Waals surface area contributed by atoms with Crippen LogP contribution in [-0.4, -0.2) is 26.4 Å². The van der Waals surface area contributed by atoms with Crippen LogP contribution in [0.5, 0.6) is 0 Å². The number of thioether (sulfide) groups is 1. The van der Waals surface area contributed by atoms with Crippen molar-refractivity contribution in [3.8, 4) is 5.69 Å². The monoisotopic (exact) mass is 408 g/mol. The molecule has 0 atom stereocenters. The highest BCUT2D eigenvalue weighted by molar-refractivity contribution is 7.99. The third-order valence-corrected chi connectivity index (χ3v) is 5.74. The zero-order chi connectivity index (χ0) is 21.0. The summed E-state index contributed by atoms with van der Waals surface area (Å²) in [5.74, 6) is 0.903. The maximum absolute atomic E-state index is 12.8. The van der Waals surface area contributed by atoms with Gasteiger partial charge in [-0.25, -0.2) is 0 Å². The zero-order valence-electron chi connectivity index (χ0n) is 17.6. The van der Waals surface area contributed by atoms with Crippen molar-refractivity contribution in [1.29, 1.82) is 0 Å². The lowest BCUT2D eigenvalue weighted by Crippen LogP contribution is -2.18. The fourth-order valence-electron chi connectivity index (χ4n) is 3.21. The van der Waals surface area contributed by atoms with Gasteiger partial charge in [0.25, 0.3) is 0 Å². The number of nitrogens with one attached hydrogen (secondary N) is 1. The fraction of sp³-hybridized carbons (Fsp3) is 0.348. The Labute approximate surface area is 176 Å². The Morgan fingerprint density at radius 1 is 1.03 bits per heavy atom. The van der Waals surface area contributed by atoms with E-state index in [2.05, 4.69) is 68.3 Å². The maximum Gasteiger partial charge on any atom is 0.234 e. The molecule has 0 radical (unpaired) electrons. The number of carbonyl (C=O) groups is 1. The van der Waals surface area contributed by atoms with E-state index in [1.807, 2.05) is 28.8 Å². The first-order valence-electron chi connectivity index (χ1n) is 9.89. The fourth-order valence-corrected chi connectivity index (χ4v) is 3.94. The van der Waals surface area contributed by atoms with Crippen molar-refractivity contribution < 1.29 is 4.79 Å². The van der Waals surface area contributed by atoms with Crippen LogP contribution in [0.3, 0.4) is 0 Å². The van der Waals surface area contributed by atoms with Crippen molar-refractivity contribution in [1.82, 2.24) is 14.8 Å². The van der Waals surface area contributed by atoms with Crippen LogP contribution < -0.4 is 5.32 Å². The first-order valence-corrected chi connectivity index (χ1v) is 10.9. The van der Waals surface area contributed by atoms with Crippen molar-refractivity contribution in [3.63, 3.8) is 0 Å². The van der Waals surface area contributed by atoms with Crippen LogP contribution in [0.15, 0.2) is 53.9 Å². The van der Waals surface area contributed by atoms with E-state index in [4.69, 9.17) is 0 Å². The number of nitrogens with zero attached hydrogens (tertiary/aromatic N) is 3. The van der Waals surface area contributed by atoms with E-state index in [0.29, 0.717) is 17.0 Å². The Balaban J connectivity index is 1.74. The molecule has 1 N–H and O–H groups in total. The normalized spacial score (nSPS) is 11.3. The SMILES string of the molecule is Cc1ccc(-n2cnnc2SCC(=O)Nc2c(C(C)C)cccc2C(C)C)cc1. The summed E-state index contributed by atoms with van der Waals surface area (Å²) in [5.41, 5.74) is 5.45. The molecule has 0 aliphatic heterocycles. The zero-order valence-corrected chi connectivity index (χ0v) is 18.5. The summed E-state index contributed by atoms with van der Waals surface area (Å²) in [7, 11) is 0. The van der Waals surface area contributed by atoms with E-state index in [1.165, 1.54) is 17.3 Å². The van der Waals surface area contributed by atoms with Crippen LogP contribution in [0.1, 0.15) is 56.2 Å². The van der Waals surface area contributed by atoms with Gasteiger partial charge in [0.2, 0.25) is 5.91 Å². The molecule has 0 aliphatic rings. The average Bonchev–Trinajstić information content (AvgIpc) is 3.15. The number of aromatic nitrogens is 3. The number of hydrogen-bond acceptors (Lipinski definition) is 4. The second kappa shape index (κ2) is 9.27. The third-order valence-electron chi connectivity index (χ3n) is 4.80. The highest BCUT2D eigenvalue weighted by atomic mass is 32.2. The lowest BCUT2D eigenvalue weighted by Gasteiger charge is -2.20. The molecule has 1 heterocycles. The molecule has 6 heteroatoms. The molecule has 3 rings (SSSR count). The van der Waals surface area contributed by atoms with Crippen LogP contribution in [0.25, 0.3) is 5.69 Å². The van der Waals surface area contributed by atoms with E-state index < -0.39 is 0 Å². The molecule has 1 aromatic heterocycles. The van der Waals surface area contributed by atoms with Crippen molar-refractivity contribution >= 4 is 23.4 Å². The maximum atomic E-state index is 12.8. The lowest BCUT2D eigenvalue weighted by atomic mass is 9.92. The second-order valence-electron chi connectivity index (χ2n) is 7.78. The van der Waals surface area contributed by atoms with Crippen LogP contribution in [0.2, 0.25) is 0 Å². The molecule has 0 saturated heterocycles. The molecule has 0 unspecified atom stereocenters. The molecule has 0 fully saturated rings. The van der Waals surface area contributed by atoms with Crippen LogP contribution in [0.4, 0.5) is 5.69 Å². The minimum Gasteiger partial charge on any atom is -0.325 e. The molecule has 0 saturated carbocycles. The molecular weight excluding hydrogens is 380 g/mol. The predicted octanol–water partition coefficient (Wildman–Crippen LogP) is 5.55. The minimum absolute atomic E-state index is 0.0385. The molecule has 5 nitrogen and oxygen atoms in total. The highest BCUT2D eigenvalue weighted by Gasteiger charge is 2.17. The topological polar surface area (TPSA) is 59.8 Å². The Hall–Kier alpha value is -2.60. The van der Waals surface area contributed by atoms with Gasteiger partial charge in [0.15, 0.2) is 5.16 Å².